The lowest BCUT2D eigenvalue weighted by atomic mass is 9.91. The van der Waals surface area contributed by atoms with Gasteiger partial charge in [-0.2, -0.15) is 5.10 Å². The molecule has 0 bridgehead atoms. The number of nitrogens with zero attached hydrogens (tertiary/aromatic N) is 2. The number of rotatable bonds is 4. The van der Waals surface area contributed by atoms with Gasteiger partial charge in [0.25, 0.3) is 0 Å². The van der Waals surface area contributed by atoms with E-state index < -0.39 is 0 Å². The number of aromatic amines is 1. The van der Waals surface area contributed by atoms with Crippen molar-refractivity contribution in [1.29, 1.82) is 0 Å². The molecule has 0 fully saturated rings. The molecule has 1 aliphatic carbocycles. The van der Waals surface area contributed by atoms with Crippen molar-refractivity contribution in [3.05, 3.63) is 52.2 Å². The Bertz CT molecular complexity index is 617. The average Bonchev–Trinajstić information content (AvgIpc) is 2.91. The van der Waals surface area contributed by atoms with Gasteiger partial charge in [-0.3, -0.25) is 9.48 Å². The molecule has 2 heterocycles. The highest BCUT2D eigenvalue weighted by Gasteiger charge is 2.22. The summed E-state index contributed by atoms with van der Waals surface area (Å²) in [6, 6.07) is 6.18. The van der Waals surface area contributed by atoms with Crippen LogP contribution in [0.2, 0.25) is 0 Å². The highest BCUT2D eigenvalue weighted by Crippen LogP contribution is 2.27. The Kier molecular flexibility index (Phi) is 3.69. The Balaban J connectivity index is 1.71. The van der Waals surface area contributed by atoms with Crippen LogP contribution in [0.3, 0.4) is 0 Å². The summed E-state index contributed by atoms with van der Waals surface area (Å²) in [7, 11) is 0. The predicted molar refractivity (Wildman–Crippen MR) is 77.6 cm³/mol. The van der Waals surface area contributed by atoms with E-state index in [0.717, 1.165) is 31.5 Å². The minimum absolute atomic E-state index is 0.00557. The third-order valence-electron chi connectivity index (χ3n) is 3.84. The molecule has 1 aliphatic rings. The van der Waals surface area contributed by atoms with Crippen LogP contribution in [0.5, 0.6) is 0 Å². The topological polar surface area (TPSA) is 62.7 Å². The van der Waals surface area contributed by atoms with Crippen LogP contribution >= 0.6 is 0 Å². The summed E-state index contributed by atoms with van der Waals surface area (Å²) >= 11 is 0. The lowest BCUT2D eigenvalue weighted by molar-refractivity contribution is 0.368. The van der Waals surface area contributed by atoms with Crippen molar-refractivity contribution in [1.82, 2.24) is 20.1 Å². The van der Waals surface area contributed by atoms with E-state index in [0.29, 0.717) is 12.1 Å². The van der Waals surface area contributed by atoms with Crippen molar-refractivity contribution in [2.75, 3.05) is 0 Å². The Morgan fingerprint density at radius 1 is 1.55 bits per heavy atom. The van der Waals surface area contributed by atoms with Crippen LogP contribution in [0.4, 0.5) is 0 Å². The Hall–Kier alpha value is -1.88. The first-order valence-corrected chi connectivity index (χ1v) is 7.18. The van der Waals surface area contributed by atoms with Gasteiger partial charge in [0, 0.05) is 36.2 Å². The molecule has 2 unspecified atom stereocenters. The summed E-state index contributed by atoms with van der Waals surface area (Å²) in [5, 5.41) is 7.88. The van der Waals surface area contributed by atoms with E-state index in [1.54, 1.807) is 12.3 Å². The highest BCUT2D eigenvalue weighted by atomic mass is 16.1. The third-order valence-corrected chi connectivity index (χ3v) is 3.84. The van der Waals surface area contributed by atoms with E-state index >= 15 is 0 Å². The molecule has 106 valence electrons. The van der Waals surface area contributed by atoms with Crippen molar-refractivity contribution >= 4 is 0 Å². The quantitative estimate of drug-likeness (QED) is 0.889. The van der Waals surface area contributed by atoms with Gasteiger partial charge in [0.15, 0.2) is 0 Å². The molecule has 0 radical (unpaired) electrons. The molecule has 0 amide bonds. The number of pyridine rings is 1. The minimum Gasteiger partial charge on any atom is -0.326 e. The summed E-state index contributed by atoms with van der Waals surface area (Å²) in [5.74, 6) is 0. The zero-order valence-electron chi connectivity index (χ0n) is 11.7. The molecule has 2 N–H and O–H groups in total. The Morgan fingerprint density at radius 3 is 3.25 bits per heavy atom. The number of aromatic nitrogens is 3. The van der Waals surface area contributed by atoms with Gasteiger partial charge >= 0.3 is 0 Å². The Morgan fingerprint density at radius 2 is 2.45 bits per heavy atom. The molecule has 0 saturated carbocycles. The van der Waals surface area contributed by atoms with Crippen LogP contribution in [0.1, 0.15) is 37.1 Å². The molecule has 5 heteroatoms. The molecule has 2 atom stereocenters. The van der Waals surface area contributed by atoms with Crippen LogP contribution in [0, 0.1) is 0 Å². The van der Waals surface area contributed by atoms with Crippen molar-refractivity contribution in [3.8, 4) is 0 Å². The van der Waals surface area contributed by atoms with Crippen LogP contribution in [0.25, 0.3) is 0 Å². The van der Waals surface area contributed by atoms with E-state index in [9.17, 15) is 4.79 Å². The maximum absolute atomic E-state index is 11.4. The van der Waals surface area contributed by atoms with Gasteiger partial charge in [-0.25, -0.2) is 0 Å². The molecule has 0 aliphatic heterocycles. The van der Waals surface area contributed by atoms with Crippen LogP contribution in [-0.2, 0) is 13.0 Å². The summed E-state index contributed by atoms with van der Waals surface area (Å²) in [5.41, 5.74) is 2.32. The van der Waals surface area contributed by atoms with Gasteiger partial charge in [-0.15, -0.1) is 0 Å². The molecule has 3 rings (SSSR count). The minimum atomic E-state index is -0.00557. The van der Waals surface area contributed by atoms with E-state index in [4.69, 9.17) is 0 Å². The van der Waals surface area contributed by atoms with Crippen molar-refractivity contribution < 1.29 is 0 Å². The average molecular weight is 272 g/mol. The number of hydrogen-bond acceptors (Lipinski definition) is 3. The maximum Gasteiger partial charge on any atom is 0.248 e. The van der Waals surface area contributed by atoms with Crippen molar-refractivity contribution in [2.24, 2.45) is 0 Å². The molecular formula is C15H20N4O. The standard InChI is InChI=1S/C15H20N4O/c1-11(10-19-9-3-8-16-19)17-13-4-2-5-14-12(13)6-7-15(20)18-14/h3,6-9,11,13,17H,2,4-5,10H2,1H3,(H,18,20). The van der Waals surface area contributed by atoms with E-state index in [2.05, 4.69) is 22.3 Å². The van der Waals surface area contributed by atoms with Gasteiger partial charge in [0.05, 0.1) is 6.54 Å². The summed E-state index contributed by atoms with van der Waals surface area (Å²) < 4.78 is 1.94. The van der Waals surface area contributed by atoms with Crippen molar-refractivity contribution in [3.63, 3.8) is 0 Å². The molecule has 5 nitrogen and oxygen atoms in total. The second-order valence-corrected chi connectivity index (χ2v) is 5.50. The predicted octanol–water partition coefficient (Wildman–Crippen LogP) is 1.63. The fraction of sp³-hybridized carbons (Fsp3) is 0.467. The second-order valence-electron chi connectivity index (χ2n) is 5.50. The Labute approximate surface area is 118 Å². The first kappa shape index (κ1) is 13.1. The zero-order chi connectivity index (χ0) is 13.9. The van der Waals surface area contributed by atoms with E-state index in [1.165, 1.54) is 5.56 Å². The monoisotopic (exact) mass is 272 g/mol. The van der Waals surface area contributed by atoms with Crippen molar-refractivity contribution in [2.45, 2.75) is 44.8 Å². The normalized spacial score (nSPS) is 19.6. The summed E-state index contributed by atoms with van der Waals surface area (Å²) in [6.07, 6.45) is 6.97. The molecule has 0 saturated heterocycles. The maximum atomic E-state index is 11.4. The lowest BCUT2D eigenvalue weighted by Crippen LogP contribution is -2.36. The van der Waals surface area contributed by atoms with Gasteiger partial charge in [-0.1, -0.05) is 6.07 Å². The first-order valence-electron chi connectivity index (χ1n) is 7.18. The molecule has 2 aromatic rings. The fourth-order valence-corrected chi connectivity index (χ4v) is 2.96. The SMILES string of the molecule is CC(Cn1cccn1)NC1CCCc2[nH]c(=O)ccc21. The van der Waals surface area contributed by atoms with Gasteiger partial charge in [-0.05, 0) is 37.8 Å². The smallest absolute Gasteiger partial charge is 0.248 e. The largest absolute Gasteiger partial charge is 0.326 e. The van der Waals surface area contributed by atoms with Crippen LogP contribution < -0.4 is 10.9 Å². The number of hydrogen-bond donors (Lipinski definition) is 2. The fourth-order valence-electron chi connectivity index (χ4n) is 2.96. The first-order chi connectivity index (χ1) is 9.72. The molecule has 0 aromatic carbocycles. The highest BCUT2D eigenvalue weighted by molar-refractivity contribution is 5.26. The summed E-state index contributed by atoms with van der Waals surface area (Å²) in [6.45, 7) is 3.02. The number of fused-ring (bicyclic) bond motifs is 1. The number of nitrogens with one attached hydrogen (secondary N) is 2. The second kappa shape index (κ2) is 5.63. The van der Waals surface area contributed by atoms with E-state index in [-0.39, 0.29) is 5.56 Å². The van der Waals surface area contributed by atoms with Gasteiger partial charge < -0.3 is 10.3 Å². The molecule has 2 aromatic heterocycles. The molecule has 20 heavy (non-hydrogen) atoms. The summed E-state index contributed by atoms with van der Waals surface area (Å²) in [4.78, 5) is 14.4. The lowest BCUT2D eigenvalue weighted by Gasteiger charge is -2.28. The van der Waals surface area contributed by atoms with Gasteiger partial charge in [0.2, 0.25) is 5.56 Å². The van der Waals surface area contributed by atoms with Crippen LogP contribution in [0.15, 0.2) is 35.4 Å². The number of H-pyrrole nitrogens is 1. The number of aryl methyl sites for hydroxylation is 1. The molecular weight excluding hydrogens is 252 g/mol. The third kappa shape index (κ3) is 2.82. The molecule has 0 spiro atoms. The van der Waals surface area contributed by atoms with Crippen LogP contribution in [-0.4, -0.2) is 20.8 Å². The zero-order valence-corrected chi connectivity index (χ0v) is 11.7. The van der Waals surface area contributed by atoms with Gasteiger partial charge in [0.1, 0.15) is 0 Å². The van der Waals surface area contributed by atoms with E-state index in [1.807, 2.05) is 23.0 Å².